The van der Waals surface area contributed by atoms with Crippen LogP contribution in [-0.2, 0) is 9.53 Å². The Balaban J connectivity index is 2.71. The number of esters is 1. The number of amides is 1. The molecule has 1 rings (SSSR count). The molecule has 0 unspecified atom stereocenters. The summed E-state index contributed by atoms with van der Waals surface area (Å²) in [5, 5.41) is 13.3. The average Bonchev–Trinajstić information content (AvgIpc) is 2.42. The van der Waals surface area contributed by atoms with Crippen molar-refractivity contribution in [3.8, 4) is 0 Å². The number of nitro benzene ring substituents is 1. The summed E-state index contributed by atoms with van der Waals surface area (Å²) in [6, 6.07) is 4.13. The SMILES string of the molecule is CCCNC(=O)COC(=O)c1cccc([N+](=O)[O-])c1C. The maximum atomic E-state index is 11.8. The van der Waals surface area contributed by atoms with Gasteiger partial charge in [-0.1, -0.05) is 13.0 Å². The topological polar surface area (TPSA) is 98.5 Å². The van der Waals surface area contributed by atoms with Crippen LogP contribution in [0.3, 0.4) is 0 Å². The minimum Gasteiger partial charge on any atom is -0.452 e. The van der Waals surface area contributed by atoms with Crippen LogP contribution in [-0.4, -0.2) is 30.0 Å². The van der Waals surface area contributed by atoms with Gasteiger partial charge in [-0.15, -0.1) is 0 Å². The van der Waals surface area contributed by atoms with Gasteiger partial charge in [0.15, 0.2) is 6.61 Å². The van der Waals surface area contributed by atoms with Gasteiger partial charge in [0, 0.05) is 18.2 Å². The summed E-state index contributed by atoms with van der Waals surface area (Å²) in [6.07, 6.45) is 0.781. The van der Waals surface area contributed by atoms with Crippen molar-refractivity contribution in [2.45, 2.75) is 20.3 Å². The highest BCUT2D eigenvalue weighted by Crippen LogP contribution is 2.21. The van der Waals surface area contributed by atoms with E-state index in [0.717, 1.165) is 6.42 Å². The predicted molar refractivity (Wildman–Crippen MR) is 71.4 cm³/mol. The summed E-state index contributed by atoms with van der Waals surface area (Å²) in [7, 11) is 0. The van der Waals surface area contributed by atoms with E-state index in [2.05, 4.69) is 5.32 Å². The van der Waals surface area contributed by atoms with Crippen LogP contribution in [0.4, 0.5) is 5.69 Å². The Bertz CT molecular complexity index is 527. The van der Waals surface area contributed by atoms with Gasteiger partial charge in [-0.05, 0) is 19.4 Å². The van der Waals surface area contributed by atoms with Crippen LogP contribution in [0.2, 0.25) is 0 Å². The summed E-state index contributed by atoms with van der Waals surface area (Å²) in [4.78, 5) is 33.3. The fourth-order valence-electron chi connectivity index (χ4n) is 1.57. The van der Waals surface area contributed by atoms with Crippen molar-refractivity contribution >= 4 is 17.6 Å². The molecule has 1 aromatic carbocycles. The van der Waals surface area contributed by atoms with Crippen LogP contribution in [0.1, 0.15) is 29.3 Å². The lowest BCUT2D eigenvalue weighted by atomic mass is 10.1. The first kappa shape index (κ1) is 15.6. The quantitative estimate of drug-likeness (QED) is 0.484. The van der Waals surface area contributed by atoms with Gasteiger partial charge in [0.05, 0.1) is 10.5 Å². The van der Waals surface area contributed by atoms with Crippen LogP contribution in [0, 0.1) is 17.0 Å². The van der Waals surface area contributed by atoms with Gasteiger partial charge in [-0.3, -0.25) is 14.9 Å². The molecule has 0 saturated heterocycles. The lowest BCUT2D eigenvalue weighted by Crippen LogP contribution is -2.29. The minimum atomic E-state index is -0.752. The summed E-state index contributed by atoms with van der Waals surface area (Å²) in [5.41, 5.74) is 0.147. The fourth-order valence-corrected chi connectivity index (χ4v) is 1.57. The number of carbonyl (C=O) groups excluding carboxylic acids is 2. The van der Waals surface area contributed by atoms with Crippen LogP contribution < -0.4 is 5.32 Å². The van der Waals surface area contributed by atoms with E-state index in [0.29, 0.717) is 6.54 Å². The van der Waals surface area contributed by atoms with Gasteiger partial charge in [0.25, 0.3) is 11.6 Å². The number of benzene rings is 1. The number of rotatable bonds is 6. The minimum absolute atomic E-state index is 0.0856. The molecule has 0 saturated carbocycles. The molecule has 1 amide bonds. The van der Waals surface area contributed by atoms with Gasteiger partial charge in [0.2, 0.25) is 0 Å². The monoisotopic (exact) mass is 280 g/mol. The second-order valence-electron chi connectivity index (χ2n) is 4.13. The Kier molecular flexibility index (Phi) is 5.64. The van der Waals surface area contributed by atoms with Gasteiger partial charge >= 0.3 is 5.97 Å². The number of hydrogen-bond acceptors (Lipinski definition) is 5. The third-order valence-electron chi connectivity index (χ3n) is 2.63. The van der Waals surface area contributed by atoms with E-state index < -0.39 is 23.4 Å². The highest BCUT2D eigenvalue weighted by Gasteiger charge is 2.19. The molecule has 0 bridgehead atoms. The molecule has 0 atom stereocenters. The van der Waals surface area contributed by atoms with Crippen molar-refractivity contribution in [2.24, 2.45) is 0 Å². The first-order valence-corrected chi connectivity index (χ1v) is 6.15. The van der Waals surface area contributed by atoms with Crippen LogP contribution in [0.25, 0.3) is 0 Å². The van der Waals surface area contributed by atoms with E-state index in [1.54, 1.807) is 0 Å². The van der Waals surface area contributed by atoms with Crippen molar-refractivity contribution < 1.29 is 19.2 Å². The van der Waals surface area contributed by atoms with E-state index in [-0.39, 0.29) is 16.8 Å². The molecule has 1 N–H and O–H groups in total. The first-order chi connectivity index (χ1) is 9.47. The van der Waals surface area contributed by atoms with Gasteiger partial charge in [0.1, 0.15) is 0 Å². The summed E-state index contributed by atoms with van der Waals surface area (Å²) < 4.78 is 4.83. The molecule has 0 spiro atoms. The van der Waals surface area contributed by atoms with Crippen molar-refractivity contribution in [3.63, 3.8) is 0 Å². The number of nitro groups is 1. The maximum absolute atomic E-state index is 11.8. The van der Waals surface area contributed by atoms with Crippen molar-refractivity contribution in [1.29, 1.82) is 0 Å². The highest BCUT2D eigenvalue weighted by atomic mass is 16.6. The maximum Gasteiger partial charge on any atom is 0.339 e. The molecule has 7 nitrogen and oxygen atoms in total. The number of nitrogens with zero attached hydrogens (tertiary/aromatic N) is 1. The van der Waals surface area contributed by atoms with Gasteiger partial charge in [-0.2, -0.15) is 0 Å². The molecule has 1 aromatic rings. The third-order valence-corrected chi connectivity index (χ3v) is 2.63. The Labute approximate surface area is 116 Å². The zero-order chi connectivity index (χ0) is 15.1. The third kappa shape index (κ3) is 4.04. The highest BCUT2D eigenvalue weighted by molar-refractivity contribution is 5.93. The molecule has 20 heavy (non-hydrogen) atoms. The molecule has 0 aliphatic carbocycles. The molecule has 0 aromatic heterocycles. The second-order valence-corrected chi connectivity index (χ2v) is 4.13. The number of nitrogens with one attached hydrogen (secondary N) is 1. The molecule has 108 valence electrons. The lowest BCUT2D eigenvalue weighted by molar-refractivity contribution is -0.385. The Morgan fingerprint density at radius 2 is 2.10 bits per heavy atom. The van der Waals surface area contributed by atoms with Crippen LogP contribution >= 0.6 is 0 Å². The zero-order valence-corrected chi connectivity index (χ0v) is 11.3. The van der Waals surface area contributed by atoms with Crippen LogP contribution in [0.5, 0.6) is 0 Å². The predicted octanol–water partition coefficient (Wildman–Crippen LogP) is 1.59. The average molecular weight is 280 g/mol. The molecule has 0 radical (unpaired) electrons. The standard InChI is InChI=1S/C13H16N2O5/c1-3-7-14-12(16)8-20-13(17)10-5-4-6-11(9(10)2)15(18)19/h4-6H,3,7-8H2,1-2H3,(H,14,16). The normalized spacial score (nSPS) is 9.90. The molecule has 0 fully saturated rings. The Hall–Kier alpha value is -2.44. The molecular weight excluding hydrogens is 264 g/mol. The molecule has 0 aliphatic heterocycles. The van der Waals surface area contributed by atoms with E-state index in [4.69, 9.17) is 4.74 Å². The summed E-state index contributed by atoms with van der Waals surface area (Å²) in [6.45, 7) is 3.47. The van der Waals surface area contributed by atoms with Crippen molar-refractivity contribution in [1.82, 2.24) is 5.32 Å². The summed E-state index contributed by atoms with van der Waals surface area (Å²) in [5.74, 6) is -1.15. The molecular formula is C13H16N2O5. The number of hydrogen-bond donors (Lipinski definition) is 1. The van der Waals surface area contributed by atoms with Gasteiger partial charge in [-0.25, -0.2) is 4.79 Å². The number of ether oxygens (including phenoxy) is 1. The van der Waals surface area contributed by atoms with E-state index in [1.165, 1.54) is 25.1 Å². The zero-order valence-electron chi connectivity index (χ0n) is 11.3. The molecule has 0 heterocycles. The van der Waals surface area contributed by atoms with Gasteiger partial charge < -0.3 is 10.1 Å². The summed E-state index contributed by atoms with van der Waals surface area (Å²) >= 11 is 0. The Morgan fingerprint density at radius 3 is 2.70 bits per heavy atom. The molecule has 7 heteroatoms. The largest absolute Gasteiger partial charge is 0.452 e. The smallest absolute Gasteiger partial charge is 0.339 e. The molecule has 0 aliphatic rings. The fraction of sp³-hybridized carbons (Fsp3) is 0.385. The van der Waals surface area contributed by atoms with Crippen LogP contribution in [0.15, 0.2) is 18.2 Å². The van der Waals surface area contributed by atoms with Crippen molar-refractivity contribution in [3.05, 3.63) is 39.4 Å². The van der Waals surface area contributed by atoms with E-state index in [1.807, 2.05) is 6.92 Å². The number of carbonyl (C=O) groups is 2. The van der Waals surface area contributed by atoms with E-state index in [9.17, 15) is 19.7 Å². The lowest BCUT2D eigenvalue weighted by Gasteiger charge is -2.07. The Morgan fingerprint density at radius 1 is 1.40 bits per heavy atom. The first-order valence-electron chi connectivity index (χ1n) is 6.15. The second kappa shape index (κ2) is 7.22. The van der Waals surface area contributed by atoms with Crippen molar-refractivity contribution in [2.75, 3.05) is 13.2 Å². The van der Waals surface area contributed by atoms with E-state index >= 15 is 0 Å².